The standard InChI is InChI=1S/C12H20N4O2/c1-4-18-10-8(13)5-6-9(16-10)15-7-12(2,3)11(14)17/h5-6H,4,7,13H2,1-3H3,(H2,14,17)(H,15,16). The van der Waals surface area contributed by atoms with Gasteiger partial charge in [-0.25, -0.2) is 0 Å². The van der Waals surface area contributed by atoms with Gasteiger partial charge >= 0.3 is 0 Å². The molecule has 100 valence electrons. The molecule has 0 saturated carbocycles. The van der Waals surface area contributed by atoms with E-state index in [0.717, 1.165) is 0 Å². The van der Waals surface area contributed by atoms with Crippen molar-refractivity contribution in [1.29, 1.82) is 0 Å². The van der Waals surface area contributed by atoms with Crippen LogP contribution in [0.15, 0.2) is 12.1 Å². The quantitative estimate of drug-likeness (QED) is 0.700. The summed E-state index contributed by atoms with van der Waals surface area (Å²) >= 11 is 0. The Morgan fingerprint density at radius 2 is 2.17 bits per heavy atom. The van der Waals surface area contributed by atoms with Crippen molar-refractivity contribution >= 4 is 17.4 Å². The maximum Gasteiger partial charge on any atom is 0.239 e. The summed E-state index contributed by atoms with van der Waals surface area (Å²) < 4.78 is 5.29. The van der Waals surface area contributed by atoms with Crippen LogP contribution in [0.3, 0.4) is 0 Å². The molecular weight excluding hydrogens is 232 g/mol. The summed E-state index contributed by atoms with van der Waals surface area (Å²) in [5.41, 5.74) is 10.8. The lowest BCUT2D eigenvalue weighted by Gasteiger charge is -2.21. The Balaban J connectivity index is 2.74. The molecule has 0 radical (unpaired) electrons. The van der Waals surface area contributed by atoms with E-state index < -0.39 is 5.41 Å². The number of nitrogen functional groups attached to an aromatic ring is 1. The minimum atomic E-state index is -0.644. The average molecular weight is 252 g/mol. The van der Waals surface area contributed by atoms with E-state index in [9.17, 15) is 4.79 Å². The molecule has 0 unspecified atom stereocenters. The molecule has 1 amide bonds. The van der Waals surface area contributed by atoms with Crippen molar-refractivity contribution < 1.29 is 9.53 Å². The summed E-state index contributed by atoms with van der Waals surface area (Å²) in [6.07, 6.45) is 0. The molecule has 0 atom stereocenters. The first kappa shape index (κ1) is 14.1. The van der Waals surface area contributed by atoms with E-state index in [4.69, 9.17) is 16.2 Å². The lowest BCUT2D eigenvalue weighted by atomic mass is 9.93. The van der Waals surface area contributed by atoms with E-state index in [-0.39, 0.29) is 5.91 Å². The van der Waals surface area contributed by atoms with Crippen LogP contribution in [-0.2, 0) is 4.79 Å². The summed E-state index contributed by atoms with van der Waals surface area (Å²) in [6.45, 7) is 6.28. The van der Waals surface area contributed by atoms with Gasteiger partial charge in [0, 0.05) is 6.54 Å². The SMILES string of the molecule is CCOc1nc(NCC(C)(C)C(N)=O)ccc1N. The Morgan fingerprint density at radius 1 is 1.50 bits per heavy atom. The second-order valence-electron chi connectivity index (χ2n) is 4.63. The number of amides is 1. The van der Waals surface area contributed by atoms with Crippen LogP contribution in [0.5, 0.6) is 5.88 Å². The maximum absolute atomic E-state index is 11.2. The molecule has 0 aliphatic carbocycles. The zero-order valence-corrected chi connectivity index (χ0v) is 11.0. The first-order valence-electron chi connectivity index (χ1n) is 5.80. The molecule has 18 heavy (non-hydrogen) atoms. The van der Waals surface area contributed by atoms with Crippen LogP contribution in [0.2, 0.25) is 0 Å². The molecule has 6 nitrogen and oxygen atoms in total. The molecule has 0 aliphatic rings. The molecule has 5 N–H and O–H groups in total. The number of anilines is 2. The number of ether oxygens (including phenoxy) is 1. The van der Waals surface area contributed by atoms with Crippen molar-refractivity contribution in [1.82, 2.24) is 4.98 Å². The predicted octanol–water partition coefficient (Wildman–Crippen LogP) is 0.986. The summed E-state index contributed by atoms with van der Waals surface area (Å²) in [6, 6.07) is 3.44. The van der Waals surface area contributed by atoms with Crippen LogP contribution in [0.1, 0.15) is 20.8 Å². The van der Waals surface area contributed by atoms with E-state index in [1.54, 1.807) is 26.0 Å². The number of primary amides is 1. The van der Waals surface area contributed by atoms with Gasteiger partial charge in [0.15, 0.2) is 0 Å². The van der Waals surface area contributed by atoms with Gasteiger partial charge in [0.1, 0.15) is 5.82 Å². The van der Waals surface area contributed by atoms with E-state index >= 15 is 0 Å². The fraction of sp³-hybridized carbons (Fsp3) is 0.500. The lowest BCUT2D eigenvalue weighted by Crippen LogP contribution is -2.37. The van der Waals surface area contributed by atoms with Crippen molar-refractivity contribution in [2.24, 2.45) is 11.1 Å². The average Bonchev–Trinajstić information content (AvgIpc) is 2.30. The highest BCUT2D eigenvalue weighted by Crippen LogP contribution is 2.22. The summed E-state index contributed by atoms with van der Waals surface area (Å²) in [4.78, 5) is 15.4. The van der Waals surface area contributed by atoms with E-state index in [1.807, 2.05) is 6.92 Å². The fourth-order valence-electron chi connectivity index (χ4n) is 1.20. The molecule has 6 heteroatoms. The molecule has 0 aromatic carbocycles. The zero-order valence-electron chi connectivity index (χ0n) is 11.0. The van der Waals surface area contributed by atoms with Gasteiger partial charge in [-0.3, -0.25) is 4.79 Å². The van der Waals surface area contributed by atoms with E-state index in [1.165, 1.54) is 0 Å². The van der Waals surface area contributed by atoms with Crippen molar-refractivity contribution in [3.8, 4) is 5.88 Å². The third kappa shape index (κ3) is 3.51. The lowest BCUT2D eigenvalue weighted by molar-refractivity contribution is -0.125. The predicted molar refractivity (Wildman–Crippen MR) is 71.3 cm³/mol. The normalized spacial score (nSPS) is 11.1. The number of nitrogens with zero attached hydrogens (tertiary/aromatic N) is 1. The van der Waals surface area contributed by atoms with Crippen LogP contribution >= 0.6 is 0 Å². The second kappa shape index (κ2) is 5.57. The van der Waals surface area contributed by atoms with Crippen LogP contribution < -0.4 is 21.5 Å². The van der Waals surface area contributed by atoms with Crippen molar-refractivity contribution in [2.75, 3.05) is 24.2 Å². The Hall–Kier alpha value is -1.98. The van der Waals surface area contributed by atoms with Gasteiger partial charge in [-0.2, -0.15) is 4.98 Å². The van der Waals surface area contributed by atoms with Crippen molar-refractivity contribution in [2.45, 2.75) is 20.8 Å². The number of carbonyl (C=O) groups excluding carboxylic acids is 1. The molecule has 0 saturated heterocycles. The van der Waals surface area contributed by atoms with Crippen LogP contribution in [0.25, 0.3) is 0 Å². The van der Waals surface area contributed by atoms with Crippen molar-refractivity contribution in [3.63, 3.8) is 0 Å². The van der Waals surface area contributed by atoms with Gasteiger partial charge in [0.2, 0.25) is 11.8 Å². The van der Waals surface area contributed by atoms with Crippen LogP contribution in [0, 0.1) is 5.41 Å². The summed E-state index contributed by atoms with van der Waals surface area (Å²) in [5, 5.41) is 3.04. The molecule has 0 spiro atoms. The van der Waals surface area contributed by atoms with Crippen LogP contribution in [-0.4, -0.2) is 24.0 Å². The molecule has 1 aromatic rings. The molecule has 1 heterocycles. The van der Waals surface area contributed by atoms with Crippen molar-refractivity contribution in [3.05, 3.63) is 12.1 Å². The number of aromatic nitrogens is 1. The highest BCUT2D eigenvalue weighted by atomic mass is 16.5. The fourth-order valence-corrected chi connectivity index (χ4v) is 1.20. The zero-order chi connectivity index (χ0) is 13.8. The minimum Gasteiger partial charge on any atom is -0.476 e. The Bertz CT molecular complexity index is 432. The number of hydrogen-bond donors (Lipinski definition) is 3. The highest BCUT2D eigenvalue weighted by molar-refractivity contribution is 5.80. The number of nitrogens with two attached hydrogens (primary N) is 2. The van der Waals surface area contributed by atoms with Gasteiger partial charge in [-0.05, 0) is 32.9 Å². The molecule has 0 aliphatic heterocycles. The molecule has 1 rings (SSSR count). The van der Waals surface area contributed by atoms with E-state index in [2.05, 4.69) is 10.3 Å². The first-order valence-corrected chi connectivity index (χ1v) is 5.80. The first-order chi connectivity index (χ1) is 8.36. The van der Waals surface area contributed by atoms with Gasteiger partial charge in [0.25, 0.3) is 0 Å². The second-order valence-corrected chi connectivity index (χ2v) is 4.63. The summed E-state index contributed by atoms with van der Waals surface area (Å²) in [7, 11) is 0. The third-order valence-corrected chi connectivity index (χ3v) is 2.55. The number of nitrogens with one attached hydrogen (secondary N) is 1. The van der Waals surface area contributed by atoms with E-state index in [0.29, 0.717) is 30.5 Å². The smallest absolute Gasteiger partial charge is 0.239 e. The molecule has 0 bridgehead atoms. The Labute approximate surface area is 107 Å². The topological polar surface area (TPSA) is 103 Å². The van der Waals surface area contributed by atoms with Crippen LogP contribution in [0.4, 0.5) is 11.5 Å². The molecular formula is C12H20N4O2. The highest BCUT2D eigenvalue weighted by Gasteiger charge is 2.24. The number of pyridine rings is 1. The largest absolute Gasteiger partial charge is 0.476 e. The summed E-state index contributed by atoms with van der Waals surface area (Å²) in [5.74, 6) is 0.622. The molecule has 0 fully saturated rings. The molecule has 1 aromatic heterocycles. The number of rotatable bonds is 6. The Morgan fingerprint density at radius 3 is 2.72 bits per heavy atom. The minimum absolute atomic E-state index is 0.365. The third-order valence-electron chi connectivity index (χ3n) is 2.55. The van der Waals surface area contributed by atoms with Gasteiger partial charge in [-0.15, -0.1) is 0 Å². The monoisotopic (exact) mass is 252 g/mol. The van der Waals surface area contributed by atoms with Gasteiger partial charge in [0.05, 0.1) is 17.7 Å². The number of carbonyl (C=O) groups is 1. The Kier molecular flexibility index (Phi) is 4.36. The van der Waals surface area contributed by atoms with Gasteiger partial charge in [-0.1, -0.05) is 0 Å². The maximum atomic E-state index is 11.2. The number of hydrogen-bond acceptors (Lipinski definition) is 5. The van der Waals surface area contributed by atoms with Gasteiger partial charge < -0.3 is 21.5 Å².